The minimum absolute atomic E-state index is 0.542. The van der Waals surface area contributed by atoms with Crippen LogP contribution < -0.4 is 10.6 Å². The summed E-state index contributed by atoms with van der Waals surface area (Å²) in [5.74, 6) is 5.08. The Balaban J connectivity index is 1.73. The van der Waals surface area contributed by atoms with Crippen LogP contribution in [0.1, 0.15) is 43.0 Å². The van der Waals surface area contributed by atoms with E-state index in [2.05, 4.69) is 27.5 Å². The summed E-state index contributed by atoms with van der Waals surface area (Å²) in [7, 11) is 0. The van der Waals surface area contributed by atoms with Gasteiger partial charge in [-0.1, -0.05) is 0 Å². The van der Waals surface area contributed by atoms with Gasteiger partial charge in [0.15, 0.2) is 0 Å². The molecular weight excluding hydrogens is 252 g/mol. The quantitative estimate of drug-likeness (QED) is 0.844. The van der Waals surface area contributed by atoms with E-state index in [0.29, 0.717) is 12.5 Å². The lowest BCUT2D eigenvalue weighted by atomic mass is 10.3. The first-order valence-corrected chi connectivity index (χ1v) is 7.16. The van der Waals surface area contributed by atoms with Crippen molar-refractivity contribution in [2.24, 2.45) is 0 Å². The smallest absolute Gasteiger partial charge is 0.136 e. The van der Waals surface area contributed by atoms with Crippen LogP contribution in [0.15, 0.2) is 22.6 Å². The van der Waals surface area contributed by atoms with E-state index in [1.165, 1.54) is 12.8 Å². The average Bonchev–Trinajstić information content (AvgIpc) is 3.20. The first-order valence-electron chi connectivity index (χ1n) is 7.16. The minimum Gasteiger partial charge on any atom is -0.465 e. The molecule has 3 rings (SSSR count). The third-order valence-electron chi connectivity index (χ3n) is 3.28. The highest BCUT2D eigenvalue weighted by atomic mass is 16.3. The number of nitrogens with one attached hydrogen (secondary N) is 2. The van der Waals surface area contributed by atoms with Gasteiger partial charge in [-0.15, -0.1) is 0 Å². The second-order valence-electron chi connectivity index (χ2n) is 5.17. The van der Waals surface area contributed by atoms with Gasteiger partial charge < -0.3 is 15.1 Å². The molecular formula is C15H20N4O. The van der Waals surface area contributed by atoms with Gasteiger partial charge >= 0.3 is 0 Å². The maximum atomic E-state index is 5.55. The summed E-state index contributed by atoms with van der Waals surface area (Å²) in [6.07, 6.45) is 2.40. The SMILES string of the molecule is CCNc1cc(NCc2ccc(C)o2)nc(C2CC2)n1. The molecule has 2 aromatic heterocycles. The van der Waals surface area contributed by atoms with Gasteiger partial charge in [-0.3, -0.25) is 0 Å². The fraction of sp³-hybridized carbons (Fsp3) is 0.467. The van der Waals surface area contributed by atoms with Crippen LogP contribution in [0.5, 0.6) is 0 Å². The molecule has 5 heteroatoms. The molecule has 0 spiro atoms. The number of anilines is 2. The highest BCUT2D eigenvalue weighted by Gasteiger charge is 2.27. The summed E-state index contributed by atoms with van der Waals surface area (Å²) < 4.78 is 5.55. The van der Waals surface area contributed by atoms with Crippen LogP contribution in [-0.4, -0.2) is 16.5 Å². The van der Waals surface area contributed by atoms with Crippen LogP contribution in [-0.2, 0) is 6.54 Å². The molecule has 0 saturated heterocycles. The van der Waals surface area contributed by atoms with Crippen molar-refractivity contribution < 1.29 is 4.42 Å². The maximum absolute atomic E-state index is 5.55. The molecule has 1 fully saturated rings. The molecule has 1 aliphatic carbocycles. The molecule has 0 amide bonds. The van der Waals surface area contributed by atoms with E-state index >= 15 is 0 Å². The number of aryl methyl sites for hydroxylation is 1. The molecule has 1 saturated carbocycles. The number of hydrogen-bond acceptors (Lipinski definition) is 5. The van der Waals surface area contributed by atoms with Crippen LogP contribution in [0.3, 0.4) is 0 Å². The Morgan fingerprint density at radius 3 is 2.55 bits per heavy atom. The lowest BCUT2D eigenvalue weighted by Gasteiger charge is -2.09. The zero-order valence-corrected chi connectivity index (χ0v) is 11.9. The molecule has 2 heterocycles. The summed E-state index contributed by atoms with van der Waals surface area (Å²) >= 11 is 0. The van der Waals surface area contributed by atoms with E-state index in [0.717, 1.165) is 35.5 Å². The van der Waals surface area contributed by atoms with Crippen molar-refractivity contribution in [2.75, 3.05) is 17.2 Å². The van der Waals surface area contributed by atoms with Gasteiger partial charge in [-0.2, -0.15) is 0 Å². The lowest BCUT2D eigenvalue weighted by molar-refractivity contribution is 0.490. The van der Waals surface area contributed by atoms with Gasteiger partial charge in [-0.25, -0.2) is 9.97 Å². The van der Waals surface area contributed by atoms with Crippen LogP contribution in [0, 0.1) is 6.92 Å². The second kappa shape index (κ2) is 5.53. The van der Waals surface area contributed by atoms with E-state index < -0.39 is 0 Å². The van der Waals surface area contributed by atoms with E-state index in [-0.39, 0.29) is 0 Å². The Hall–Kier alpha value is -2.04. The van der Waals surface area contributed by atoms with Crippen molar-refractivity contribution in [3.8, 4) is 0 Å². The number of furan rings is 1. The number of hydrogen-bond donors (Lipinski definition) is 2. The van der Waals surface area contributed by atoms with Crippen molar-refractivity contribution in [3.05, 3.63) is 35.5 Å². The van der Waals surface area contributed by atoms with E-state index in [1.807, 2.05) is 25.1 Å². The monoisotopic (exact) mass is 272 g/mol. The molecule has 0 unspecified atom stereocenters. The van der Waals surface area contributed by atoms with Crippen molar-refractivity contribution >= 4 is 11.6 Å². The predicted octanol–water partition coefficient (Wildman–Crippen LogP) is 3.30. The summed E-state index contributed by atoms with van der Waals surface area (Å²) in [6.45, 7) is 5.51. The fourth-order valence-electron chi connectivity index (χ4n) is 2.11. The van der Waals surface area contributed by atoms with E-state index in [4.69, 9.17) is 4.42 Å². The average molecular weight is 272 g/mol. The molecule has 20 heavy (non-hydrogen) atoms. The standard InChI is InChI=1S/C15H20N4O/c1-3-16-13-8-14(19-15(18-13)11-5-6-11)17-9-12-7-4-10(2)20-12/h4,7-8,11H,3,5-6,9H2,1-2H3,(H2,16,17,18,19). The van der Waals surface area contributed by atoms with Gasteiger partial charge in [0.1, 0.15) is 29.0 Å². The second-order valence-corrected chi connectivity index (χ2v) is 5.17. The van der Waals surface area contributed by atoms with Crippen LogP contribution in [0.2, 0.25) is 0 Å². The Morgan fingerprint density at radius 2 is 1.95 bits per heavy atom. The van der Waals surface area contributed by atoms with Crippen molar-refractivity contribution in [3.63, 3.8) is 0 Å². The molecule has 1 aliphatic rings. The lowest BCUT2D eigenvalue weighted by Crippen LogP contribution is -2.07. The molecule has 5 nitrogen and oxygen atoms in total. The van der Waals surface area contributed by atoms with Gasteiger partial charge in [0.25, 0.3) is 0 Å². The van der Waals surface area contributed by atoms with Crippen molar-refractivity contribution in [2.45, 2.75) is 39.2 Å². The summed E-state index contributed by atoms with van der Waals surface area (Å²) in [5, 5.41) is 6.57. The van der Waals surface area contributed by atoms with Gasteiger partial charge in [0, 0.05) is 18.5 Å². The Morgan fingerprint density at radius 1 is 1.20 bits per heavy atom. The molecule has 0 aromatic carbocycles. The predicted molar refractivity (Wildman–Crippen MR) is 78.9 cm³/mol. The van der Waals surface area contributed by atoms with Gasteiger partial charge in [0.05, 0.1) is 6.54 Å². The van der Waals surface area contributed by atoms with Crippen LogP contribution in [0.25, 0.3) is 0 Å². The summed E-state index contributed by atoms with van der Waals surface area (Å²) in [6, 6.07) is 5.90. The number of aromatic nitrogens is 2. The highest BCUT2D eigenvalue weighted by molar-refractivity contribution is 5.48. The Labute approximate surface area is 118 Å². The van der Waals surface area contributed by atoms with Gasteiger partial charge in [0.2, 0.25) is 0 Å². The van der Waals surface area contributed by atoms with Crippen molar-refractivity contribution in [1.29, 1.82) is 0 Å². The molecule has 2 aromatic rings. The zero-order chi connectivity index (χ0) is 13.9. The maximum Gasteiger partial charge on any atom is 0.136 e. The molecule has 0 aliphatic heterocycles. The van der Waals surface area contributed by atoms with E-state index in [1.54, 1.807) is 0 Å². The third kappa shape index (κ3) is 3.10. The van der Waals surface area contributed by atoms with Gasteiger partial charge in [-0.05, 0) is 38.8 Å². The molecule has 0 bridgehead atoms. The normalized spacial score (nSPS) is 14.3. The molecule has 0 radical (unpaired) electrons. The summed E-state index contributed by atoms with van der Waals surface area (Å²) in [4.78, 5) is 9.15. The molecule has 106 valence electrons. The number of nitrogens with zero attached hydrogens (tertiary/aromatic N) is 2. The number of rotatable bonds is 6. The molecule has 2 N–H and O–H groups in total. The van der Waals surface area contributed by atoms with Crippen molar-refractivity contribution in [1.82, 2.24) is 9.97 Å². The fourth-order valence-corrected chi connectivity index (χ4v) is 2.11. The van der Waals surface area contributed by atoms with E-state index in [9.17, 15) is 0 Å². The first-order chi connectivity index (χ1) is 9.74. The third-order valence-corrected chi connectivity index (χ3v) is 3.28. The largest absolute Gasteiger partial charge is 0.465 e. The zero-order valence-electron chi connectivity index (χ0n) is 11.9. The highest BCUT2D eigenvalue weighted by Crippen LogP contribution is 2.38. The Kier molecular flexibility index (Phi) is 3.58. The minimum atomic E-state index is 0.542. The van der Waals surface area contributed by atoms with Crippen LogP contribution >= 0.6 is 0 Å². The van der Waals surface area contributed by atoms with Crippen LogP contribution in [0.4, 0.5) is 11.6 Å². The summed E-state index contributed by atoms with van der Waals surface area (Å²) in [5.41, 5.74) is 0. The molecule has 0 atom stereocenters. The Bertz CT molecular complexity index is 589. The first kappa shape index (κ1) is 13.0. The topological polar surface area (TPSA) is 63.0 Å².